The predicted octanol–water partition coefficient (Wildman–Crippen LogP) is 9.16. The van der Waals surface area contributed by atoms with E-state index in [-0.39, 0.29) is 0 Å². The molecule has 0 saturated heterocycles. The van der Waals surface area contributed by atoms with Crippen molar-refractivity contribution in [3.8, 4) is 11.5 Å². The maximum atomic E-state index is 6.20. The number of fused-ring (bicyclic) bond motifs is 2. The second kappa shape index (κ2) is 8.92. The van der Waals surface area contributed by atoms with Crippen LogP contribution >= 0.6 is 0 Å². The fourth-order valence-electron chi connectivity index (χ4n) is 4.71. The molecule has 0 aliphatic heterocycles. The normalized spacial score (nSPS) is 13.1. The molecule has 0 fully saturated rings. The lowest BCUT2D eigenvalue weighted by Crippen LogP contribution is -2.17. The molecule has 5 aromatic carbocycles. The van der Waals surface area contributed by atoms with Gasteiger partial charge < -0.3 is 9.64 Å². The second-order valence-corrected chi connectivity index (χ2v) is 8.52. The summed E-state index contributed by atoms with van der Waals surface area (Å²) in [6.07, 6.45) is 8.95. The maximum absolute atomic E-state index is 6.20. The van der Waals surface area contributed by atoms with Crippen LogP contribution in [0.1, 0.15) is 12.8 Å². The number of ether oxygens (including phenoxy) is 1. The van der Waals surface area contributed by atoms with Gasteiger partial charge in [-0.25, -0.2) is 0 Å². The highest BCUT2D eigenvalue weighted by Gasteiger charge is 2.20. The summed E-state index contributed by atoms with van der Waals surface area (Å²) in [4.78, 5) is 2.39. The third-order valence-electron chi connectivity index (χ3n) is 6.25. The fourth-order valence-corrected chi connectivity index (χ4v) is 4.71. The molecule has 0 atom stereocenters. The number of benzene rings is 5. The van der Waals surface area contributed by atoms with Gasteiger partial charge in [-0.05, 0) is 60.0 Å². The number of anilines is 2. The van der Waals surface area contributed by atoms with Crippen molar-refractivity contribution in [1.82, 2.24) is 0 Å². The highest BCUT2D eigenvalue weighted by molar-refractivity contribution is 6.13. The summed E-state index contributed by atoms with van der Waals surface area (Å²) in [7, 11) is 0. The summed E-state index contributed by atoms with van der Waals surface area (Å²) in [5, 5.41) is 4.93. The second-order valence-electron chi connectivity index (χ2n) is 8.52. The molecule has 0 heterocycles. The molecule has 5 aromatic rings. The number of rotatable bonds is 5. The van der Waals surface area contributed by atoms with E-state index < -0.39 is 0 Å². The van der Waals surface area contributed by atoms with Gasteiger partial charge >= 0.3 is 0 Å². The standard InChI is InChI=1S/C32H25NO/c1-3-14-26(15-4-1)33(27-16-11-19-29(23-27)34-28-17-5-2-6-18-28)32-30-20-9-7-12-24(30)22-25-13-8-10-21-31(25)32/h2-3,5-23H,1,4H2. The van der Waals surface area contributed by atoms with Gasteiger partial charge in [-0.1, -0.05) is 84.9 Å². The zero-order valence-corrected chi connectivity index (χ0v) is 18.9. The average Bonchev–Trinajstić information content (AvgIpc) is 2.90. The van der Waals surface area contributed by atoms with Crippen molar-refractivity contribution in [3.05, 3.63) is 133 Å². The molecule has 164 valence electrons. The van der Waals surface area contributed by atoms with Gasteiger partial charge in [0.25, 0.3) is 0 Å². The van der Waals surface area contributed by atoms with E-state index in [4.69, 9.17) is 4.74 Å². The Bertz CT molecular complexity index is 1480. The number of hydrogen-bond acceptors (Lipinski definition) is 2. The summed E-state index contributed by atoms with van der Waals surface area (Å²) >= 11 is 0. The van der Waals surface area contributed by atoms with Crippen LogP contribution in [0.25, 0.3) is 21.5 Å². The molecular formula is C32H25NO. The van der Waals surface area contributed by atoms with Crippen molar-refractivity contribution in [2.24, 2.45) is 0 Å². The third kappa shape index (κ3) is 3.84. The van der Waals surface area contributed by atoms with E-state index in [2.05, 4.69) is 95.9 Å². The summed E-state index contributed by atoms with van der Waals surface area (Å²) in [5.41, 5.74) is 3.46. The molecule has 34 heavy (non-hydrogen) atoms. The first-order valence-corrected chi connectivity index (χ1v) is 11.8. The topological polar surface area (TPSA) is 12.5 Å². The van der Waals surface area contributed by atoms with Crippen LogP contribution in [0, 0.1) is 0 Å². The Morgan fingerprint density at radius 3 is 1.97 bits per heavy atom. The van der Waals surface area contributed by atoms with Crippen LogP contribution in [0.4, 0.5) is 11.4 Å². The Hall–Kier alpha value is -4.30. The summed E-state index contributed by atoms with van der Waals surface area (Å²) < 4.78 is 6.20. The van der Waals surface area contributed by atoms with Crippen molar-refractivity contribution in [2.45, 2.75) is 12.8 Å². The largest absolute Gasteiger partial charge is 0.457 e. The van der Waals surface area contributed by atoms with Gasteiger partial charge in [0.2, 0.25) is 0 Å². The molecule has 1 aliphatic carbocycles. The molecule has 0 N–H and O–H groups in total. The number of hydrogen-bond donors (Lipinski definition) is 0. The van der Waals surface area contributed by atoms with E-state index in [0.717, 1.165) is 30.0 Å². The number of nitrogens with zero attached hydrogens (tertiary/aromatic N) is 1. The van der Waals surface area contributed by atoms with E-state index in [9.17, 15) is 0 Å². The van der Waals surface area contributed by atoms with Crippen molar-refractivity contribution in [2.75, 3.05) is 4.90 Å². The minimum Gasteiger partial charge on any atom is -0.457 e. The lowest BCUT2D eigenvalue weighted by Gasteiger charge is -2.30. The summed E-state index contributed by atoms with van der Waals surface area (Å²) in [6, 6.07) is 37.9. The average molecular weight is 440 g/mol. The first-order chi connectivity index (χ1) is 16.9. The van der Waals surface area contributed by atoms with Crippen molar-refractivity contribution in [1.29, 1.82) is 0 Å². The van der Waals surface area contributed by atoms with Gasteiger partial charge in [0, 0.05) is 28.2 Å². The van der Waals surface area contributed by atoms with E-state index in [1.807, 2.05) is 36.4 Å². The highest BCUT2D eigenvalue weighted by Crippen LogP contribution is 2.43. The SMILES string of the molecule is C1=CC(N(c2cccc(Oc3ccccc3)c2)c2c3ccccc3cc3ccccc23)=CCC1. The van der Waals surface area contributed by atoms with Gasteiger partial charge in [-0.2, -0.15) is 0 Å². The summed E-state index contributed by atoms with van der Waals surface area (Å²) in [5.74, 6) is 1.65. The Labute approximate surface area is 200 Å². The zero-order valence-electron chi connectivity index (χ0n) is 18.9. The molecule has 0 bridgehead atoms. The van der Waals surface area contributed by atoms with Gasteiger partial charge in [0.05, 0.1) is 5.69 Å². The first kappa shape index (κ1) is 20.3. The maximum Gasteiger partial charge on any atom is 0.129 e. The van der Waals surface area contributed by atoms with Crippen LogP contribution in [0.5, 0.6) is 11.5 Å². The molecule has 0 aromatic heterocycles. The van der Waals surface area contributed by atoms with Crippen LogP contribution in [0.15, 0.2) is 133 Å². The molecule has 0 radical (unpaired) electrons. The Morgan fingerprint density at radius 1 is 0.588 bits per heavy atom. The molecule has 2 heteroatoms. The molecule has 0 unspecified atom stereocenters. The zero-order chi connectivity index (χ0) is 22.7. The molecule has 0 saturated carbocycles. The van der Waals surface area contributed by atoms with Crippen molar-refractivity contribution < 1.29 is 4.74 Å². The van der Waals surface area contributed by atoms with Gasteiger partial charge in [-0.3, -0.25) is 0 Å². The van der Waals surface area contributed by atoms with Crippen LogP contribution < -0.4 is 9.64 Å². The van der Waals surface area contributed by atoms with E-state index in [1.54, 1.807) is 0 Å². The van der Waals surface area contributed by atoms with Crippen LogP contribution in [0.2, 0.25) is 0 Å². The van der Waals surface area contributed by atoms with Crippen LogP contribution in [-0.2, 0) is 0 Å². The van der Waals surface area contributed by atoms with Crippen LogP contribution in [0.3, 0.4) is 0 Å². The Balaban J connectivity index is 1.58. The smallest absolute Gasteiger partial charge is 0.129 e. The minimum atomic E-state index is 0.818. The summed E-state index contributed by atoms with van der Waals surface area (Å²) in [6.45, 7) is 0. The lowest BCUT2D eigenvalue weighted by molar-refractivity contribution is 0.483. The van der Waals surface area contributed by atoms with E-state index in [1.165, 1.54) is 32.9 Å². The number of para-hydroxylation sites is 1. The number of allylic oxidation sites excluding steroid dienone is 3. The van der Waals surface area contributed by atoms with Crippen molar-refractivity contribution in [3.63, 3.8) is 0 Å². The molecule has 6 rings (SSSR count). The third-order valence-corrected chi connectivity index (χ3v) is 6.25. The van der Waals surface area contributed by atoms with Gasteiger partial charge in [0.1, 0.15) is 11.5 Å². The molecule has 1 aliphatic rings. The Morgan fingerprint density at radius 2 is 1.26 bits per heavy atom. The first-order valence-electron chi connectivity index (χ1n) is 11.8. The highest BCUT2D eigenvalue weighted by atomic mass is 16.5. The molecular weight excluding hydrogens is 414 g/mol. The lowest BCUT2D eigenvalue weighted by atomic mass is 9.98. The monoisotopic (exact) mass is 439 g/mol. The van der Waals surface area contributed by atoms with Crippen LogP contribution in [-0.4, -0.2) is 0 Å². The predicted molar refractivity (Wildman–Crippen MR) is 143 cm³/mol. The van der Waals surface area contributed by atoms with E-state index in [0.29, 0.717) is 0 Å². The quantitative estimate of drug-likeness (QED) is 0.253. The van der Waals surface area contributed by atoms with Crippen molar-refractivity contribution >= 4 is 32.9 Å². The van der Waals surface area contributed by atoms with E-state index >= 15 is 0 Å². The molecule has 0 amide bonds. The molecule has 0 spiro atoms. The molecule has 2 nitrogen and oxygen atoms in total. The minimum absolute atomic E-state index is 0.818. The fraction of sp³-hybridized carbons (Fsp3) is 0.0625. The van der Waals surface area contributed by atoms with Gasteiger partial charge in [0.15, 0.2) is 0 Å². The Kier molecular flexibility index (Phi) is 5.33. The van der Waals surface area contributed by atoms with Gasteiger partial charge in [-0.15, -0.1) is 0 Å².